The first-order valence-corrected chi connectivity index (χ1v) is 10.7. The highest BCUT2D eigenvalue weighted by atomic mass is 35.5. The lowest BCUT2D eigenvalue weighted by Crippen LogP contribution is -2.11. The van der Waals surface area contributed by atoms with Crippen LogP contribution in [0.15, 0.2) is 52.7 Å². The number of halogens is 1. The molecule has 0 saturated heterocycles. The van der Waals surface area contributed by atoms with Crippen molar-refractivity contribution in [3.63, 3.8) is 0 Å². The van der Waals surface area contributed by atoms with E-state index in [1.165, 1.54) is 0 Å². The standard InChI is InChI=1S/C20H19ClN2OS2/c1-12(2)20-23-18(11-26-20)16-9-6-14(10-17(16)21)22-19(24)13-4-7-15(25-3)8-5-13/h4-12H,1-3H3,(H,22,24). The molecular formula is C20H19ClN2OS2. The molecule has 1 heterocycles. The monoisotopic (exact) mass is 402 g/mol. The van der Waals surface area contributed by atoms with Crippen LogP contribution in [-0.2, 0) is 0 Å². The van der Waals surface area contributed by atoms with Crippen LogP contribution in [0.5, 0.6) is 0 Å². The highest BCUT2D eigenvalue weighted by molar-refractivity contribution is 7.98. The van der Waals surface area contributed by atoms with E-state index in [0.717, 1.165) is 21.2 Å². The van der Waals surface area contributed by atoms with Gasteiger partial charge in [0.15, 0.2) is 0 Å². The normalized spacial score (nSPS) is 11.0. The van der Waals surface area contributed by atoms with Gasteiger partial charge in [-0.25, -0.2) is 4.98 Å². The van der Waals surface area contributed by atoms with E-state index in [2.05, 4.69) is 24.1 Å². The number of amides is 1. The summed E-state index contributed by atoms with van der Waals surface area (Å²) < 4.78 is 0. The van der Waals surface area contributed by atoms with Gasteiger partial charge in [-0.2, -0.15) is 0 Å². The molecule has 0 bridgehead atoms. The topological polar surface area (TPSA) is 42.0 Å². The molecule has 0 fully saturated rings. The van der Waals surface area contributed by atoms with Gasteiger partial charge in [-0.1, -0.05) is 25.4 Å². The van der Waals surface area contributed by atoms with E-state index in [1.54, 1.807) is 29.2 Å². The Morgan fingerprint density at radius 1 is 1.19 bits per heavy atom. The van der Waals surface area contributed by atoms with Gasteiger partial charge in [0.05, 0.1) is 15.7 Å². The molecule has 26 heavy (non-hydrogen) atoms. The average Bonchev–Trinajstić information content (AvgIpc) is 3.12. The minimum Gasteiger partial charge on any atom is -0.322 e. The molecule has 0 aliphatic carbocycles. The van der Waals surface area contributed by atoms with E-state index < -0.39 is 0 Å². The van der Waals surface area contributed by atoms with E-state index in [-0.39, 0.29) is 5.91 Å². The van der Waals surface area contributed by atoms with Crippen molar-refractivity contribution in [2.75, 3.05) is 11.6 Å². The van der Waals surface area contributed by atoms with Gasteiger partial charge in [0.25, 0.3) is 5.91 Å². The first kappa shape index (κ1) is 19.0. The highest BCUT2D eigenvalue weighted by Crippen LogP contribution is 2.33. The Morgan fingerprint density at radius 2 is 1.92 bits per heavy atom. The second-order valence-corrected chi connectivity index (χ2v) is 8.28. The third-order valence-corrected chi connectivity index (χ3v) is 6.07. The van der Waals surface area contributed by atoms with Crippen molar-refractivity contribution in [2.24, 2.45) is 0 Å². The first-order valence-electron chi connectivity index (χ1n) is 8.18. The van der Waals surface area contributed by atoms with Gasteiger partial charge in [0, 0.05) is 33.0 Å². The predicted octanol–water partition coefficient (Wildman–Crippen LogP) is 6.56. The number of benzene rings is 2. The number of nitrogens with zero attached hydrogens (tertiary/aromatic N) is 1. The first-order chi connectivity index (χ1) is 12.5. The lowest BCUT2D eigenvalue weighted by Gasteiger charge is -2.08. The molecule has 3 aromatic rings. The van der Waals surface area contributed by atoms with Crippen molar-refractivity contribution in [3.8, 4) is 11.3 Å². The van der Waals surface area contributed by atoms with Crippen LogP contribution in [0.1, 0.15) is 35.1 Å². The summed E-state index contributed by atoms with van der Waals surface area (Å²) in [4.78, 5) is 18.1. The molecule has 0 aliphatic heterocycles. The summed E-state index contributed by atoms with van der Waals surface area (Å²) in [5, 5.41) is 6.56. The van der Waals surface area contributed by atoms with Crippen LogP contribution in [0.25, 0.3) is 11.3 Å². The number of aromatic nitrogens is 1. The van der Waals surface area contributed by atoms with Gasteiger partial charge in [-0.3, -0.25) is 4.79 Å². The zero-order valence-electron chi connectivity index (χ0n) is 14.7. The fraction of sp³-hybridized carbons (Fsp3) is 0.200. The zero-order valence-corrected chi connectivity index (χ0v) is 17.1. The largest absolute Gasteiger partial charge is 0.322 e. The molecule has 0 saturated carbocycles. The number of carbonyl (C=O) groups is 1. The lowest BCUT2D eigenvalue weighted by molar-refractivity contribution is 0.102. The summed E-state index contributed by atoms with van der Waals surface area (Å²) in [5.41, 5.74) is 3.02. The summed E-state index contributed by atoms with van der Waals surface area (Å²) in [7, 11) is 0. The number of thiazole rings is 1. The Morgan fingerprint density at radius 3 is 2.50 bits per heavy atom. The Balaban J connectivity index is 1.77. The van der Waals surface area contributed by atoms with Gasteiger partial charge in [0.2, 0.25) is 0 Å². The predicted molar refractivity (Wildman–Crippen MR) is 113 cm³/mol. The molecule has 3 nitrogen and oxygen atoms in total. The fourth-order valence-electron chi connectivity index (χ4n) is 2.42. The van der Waals surface area contributed by atoms with Crippen molar-refractivity contribution >= 4 is 46.3 Å². The minimum absolute atomic E-state index is 0.155. The second-order valence-electron chi connectivity index (χ2n) is 6.10. The number of carbonyl (C=O) groups excluding carboxylic acids is 1. The van der Waals surface area contributed by atoms with E-state index in [0.29, 0.717) is 22.2 Å². The summed E-state index contributed by atoms with van der Waals surface area (Å²) in [5.74, 6) is 0.237. The summed E-state index contributed by atoms with van der Waals surface area (Å²) in [6, 6.07) is 13.0. The number of rotatable bonds is 5. The zero-order chi connectivity index (χ0) is 18.7. The molecule has 0 aliphatic rings. The molecule has 134 valence electrons. The molecule has 3 rings (SSSR count). The number of anilines is 1. The van der Waals surface area contributed by atoms with E-state index in [1.807, 2.05) is 48.0 Å². The molecule has 1 amide bonds. The maximum absolute atomic E-state index is 12.4. The molecule has 0 radical (unpaired) electrons. The second kappa shape index (κ2) is 8.25. The summed E-state index contributed by atoms with van der Waals surface area (Å²) in [6.45, 7) is 4.24. The van der Waals surface area contributed by atoms with Crippen molar-refractivity contribution in [3.05, 3.63) is 63.4 Å². The third-order valence-electron chi connectivity index (χ3n) is 3.87. The van der Waals surface area contributed by atoms with Gasteiger partial charge in [0.1, 0.15) is 0 Å². The number of thioether (sulfide) groups is 1. The van der Waals surface area contributed by atoms with Gasteiger partial charge in [-0.05, 0) is 48.7 Å². The Kier molecular flexibility index (Phi) is 6.01. The van der Waals surface area contributed by atoms with Crippen molar-refractivity contribution in [1.82, 2.24) is 4.98 Å². The van der Waals surface area contributed by atoms with Crippen LogP contribution in [0, 0.1) is 0 Å². The fourth-order valence-corrected chi connectivity index (χ4v) is 3.94. The average molecular weight is 403 g/mol. The van der Waals surface area contributed by atoms with Crippen LogP contribution in [-0.4, -0.2) is 17.1 Å². The van der Waals surface area contributed by atoms with Crippen LogP contribution in [0.4, 0.5) is 5.69 Å². The van der Waals surface area contributed by atoms with Crippen LogP contribution in [0.2, 0.25) is 5.02 Å². The summed E-state index contributed by atoms with van der Waals surface area (Å²) >= 11 is 9.71. The smallest absolute Gasteiger partial charge is 0.255 e. The maximum atomic E-state index is 12.4. The highest BCUT2D eigenvalue weighted by Gasteiger charge is 2.12. The number of hydrogen-bond acceptors (Lipinski definition) is 4. The summed E-state index contributed by atoms with van der Waals surface area (Å²) in [6.07, 6.45) is 2.01. The molecule has 1 aromatic heterocycles. The van der Waals surface area contributed by atoms with E-state index in [4.69, 9.17) is 11.6 Å². The van der Waals surface area contributed by atoms with Crippen molar-refractivity contribution < 1.29 is 4.79 Å². The molecular weight excluding hydrogens is 384 g/mol. The molecule has 6 heteroatoms. The van der Waals surface area contributed by atoms with Crippen LogP contribution < -0.4 is 5.32 Å². The molecule has 0 spiro atoms. The number of hydrogen-bond donors (Lipinski definition) is 1. The van der Waals surface area contributed by atoms with Gasteiger partial charge < -0.3 is 5.32 Å². The quantitative estimate of drug-likeness (QED) is 0.491. The lowest BCUT2D eigenvalue weighted by atomic mass is 10.1. The number of nitrogens with one attached hydrogen (secondary N) is 1. The van der Waals surface area contributed by atoms with Crippen molar-refractivity contribution in [1.29, 1.82) is 0 Å². The molecule has 0 unspecified atom stereocenters. The Hall–Kier alpha value is -1.82. The SMILES string of the molecule is CSc1ccc(C(=O)Nc2ccc(-c3csc(C(C)C)n3)c(Cl)c2)cc1. The van der Waals surface area contributed by atoms with E-state index in [9.17, 15) is 4.79 Å². The third kappa shape index (κ3) is 4.29. The van der Waals surface area contributed by atoms with Gasteiger partial charge in [-0.15, -0.1) is 23.1 Å². The maximum Gasteiger partial charge on any atom is 0.255 e. The Labute approximate surface area is 166 Å². The van der Waals surface area contributed by atoms with Crippen LogP contribution in [0.3, 0.4) is 0 Å². The Bertz CT molecular complexity index is 920. The molecule has 2 aromatic carbocycles. The van der Waals surface area contributed by atoms with Gasteiger partial charge >= 0.3 is 0 Å². The molecule has 1 N–H and O–H groups in total. The molecule has 0 atom stereocenters. The van der Waals surface area contributed by atoms with Crippen LogP contribution >= 0.6 is 34.7 Å². The minimum atomic E-state index is -0.155. The van der Waals surface area contributed by atoms with E-state index >= 15 is 0 Å². The van der Waals surface area contributed by atoms with Crippen molar-refractivity contribution in [2.45, 2.75) is 24.7 Å².